The van der Waals surface area contributed by atoms with Gasteiger partial charge < -0.3 is 34.9 Å². The molecule has 0 unspecified atom stereocenters. The number of benzene rings is 1. The topological polar surface area (TPSA) is 108 Å². The van der Waals surface area contributed by atoms with Crippen LogP contribution < -0.4 is 20.1 Å². The van der Waals surface area contributed by atoms with E-state index in [0.717, 1.165) is 31.3 Å². The van der Waals surface area contributed by atoms with Gasteiger partial charge in [0.05, 0.1) is 21.7 Å². The van der Waals surface area contributed by atoms with Gasteiger partial charge in [-0.05, 0) is 50.9 Å². The number of fused-ring (bicyclic) bond motifs is 2. The minimum absolute atomic E-state index is 0.0171. The van der Waals surface area contributed by atoms with Gasteiger partial charge in [0.2, 0.25) is 12.7 Å². The second-order valence-electron chi connectivity index (χ2n) is 9.48. The third-order valence-corrected chi connectivity index (χ3v) is 7.67. The number of ether oxygens (including phenoxy) is 2. The SMILES string of the molecule is CNc1nc(Nc2ccc(C(=O)N3CCC(N4CCCCC4)CC3)c3c2OCO3)nc2[nH]cc(Cl)c12. The molecule has 36 heavy (non-hydrogen) atoms. The van der Waals surface area contributed by atoms with Gasteiger partial charge in [0.25, 0.3) is 5.91 Å². The maximum absolute atomic E-state index is 13.5. The molecule has 0 spiro atoms. The summed E-state index contributed by atoms with van der Waals surface area (Å²) >= 11 is 6.26. The number of carbonyl (C=O) groups excluding carboxylic acids is 1. The summed E-state index contributed by atoms with van der Waals surface area (Å²) < 4.78 is 11.5. The molecule has 2 fully saturated rings. The first-order valence-corrected chi connectivity index (χ1v) is 13.0. The summed E-state index contributed by atoms with van der Waals surface area (Å²) in [5.41, 5.74) is 1.75. The lowest BCUT2D eigenvalue weighted by molar-refractivity contribution is 0.0586. The number of hydrogen-bond donors (Lipinski definition) is 3. The monoisotopic (exact) mass is 511 g/mol. The zero-order chi connectivity index (χ0) is 24.6. The van der Waals surface area contributed by atoms with Crippen molar-refractivity contribution in [3.8, 4) is 11.5 Å². The third-order valence-electron chi connectivity index (χ3n) is 7.37. The highest BCUT2D eigenvalue weighted by Crippen LogP contribution is 2.44. The number of halogens is 1. The Balaban J connectivity index is 1.20. The lowest BCUT2D eigenvalue weighted by Gasteiger charge is -2.40. The molecule has 10 nitrogen and oxygen atoms in total. The van der Waals surface area contributed by atoms with Crippen molar-refractivity contribution in [3.05, 3.63) is 28.9 Å². The number of aromatic nitrogens is 3. The summed E-state index contributed by atoms with van der Waals surface area (Å²) in [4.78, 5) is 30.1. The molecule has 3 aliphatic rings. The first kappa shape index (κ1) is 23.2. The minimum Gasteiger partial charge on any atom is -0.453 e. The highest BCUT2D eigenvalue weighted by atomic mass is 35.5. The normalized spacial score (nSPS) is 18.6. The molecule has 2 aromatic heterocycles. The molecular formula is C25H30ClN7O3. The average molecular weight is 512 g/mol. The smallest absolute Gasteiger partial charge is 0.257 e. The van der Waals surface area contributed by atoms with E-state index in [1.807, 2.05) is 11.0 Å². The fourth-order valence-electron chi connectivity index (χ4n) is 5.50. The molecule has 1 aromatic carbocycles. The lowest BCUT2D eigenvalue weighted by atomic mass is 9.99. The van der Waals surface area contributed by atoms with E-state index in [2.05, 4.69) is 30.5 Å². The van der Waals surface area contributed by atoms with E-state index in [0.29, 0.717) is 51.2 Å². The Morgan fingerprint density at radius 2 is 1.86 bits per heavy atom. The lowest BCUT2D eigenvalue weighted by Crippen LogP contribution is -2.48. The van der Waals surface area contributed by atoms with Gasteiger partial charge in [-0.15, -0.1) is 0 Å². The largest absolute Gasteiger partial charge is 0.453 e. The average Bonchev–Trinajstić information content (AvgIpc) is 3.56. The summed E-state index contributed by atoms with van der Waals surface area (Å²) in [6.07, 6.45) is 7.62. The summed E-state index contributed by atoms with van der Waals surface area (Å²) in [6.45, 7) is 3.95. The van der Waals surface area contributed by atoms with Crippen LogP contribution >= 0.6 is 11.6 Å². The Bertz CT molecular complexity index is 1280. The van der Waals surface area contributed by atoms with Crippen molar-refractivity contribution in [1.82, 2.24) is 24.8 Å². The van der Waals surface area contributed by atoms with E-state index in [-0.39, 0.29) is 12.7 Å². The van der Waals surface area contributed by atoms with Crippen LogP contribution in [0.3, 0.4) is 0 Å². The predicted octanol–water partition coefficient (Wildman–Crippen LogP) is 4.22. The Labute approximate surface area is 214 Å². The highest BCUT2D eigenvalue weighted by molar-refractivity contribution is 6.36. The number of aromatic amines is 1. The number of carbonyl (C=O) groups is 1. The fourth-order valence-corrected chi connectivity index (χ4v) is 5.74. The number of anilines is 3. The molecular weight excluding hydrogens is 482 g/mol. The molecule has 1 amide bonds. The van der Waals surface area contributed by atoms with Gasteiger partial charge in [-0.3, -0.25) is 4.79 Å². The van der Waals surface area contributed by atoms with Crippen molar-refractivity contribution in [3.63, 3.8) is 0 Å². The van der Waals surface area contributed by atoms with Crippen LogP contribution in [0.4, 0.5) is 17.5 Å². The Morgan fingerprint density at radius 1 is 1.08 bits per heavy atom. The van der Waals surface area contributed by atoms with E-state index in [1.165, 1.54) is 32.4 Å². The van der Waals surface area contributed by atoms with Crippen LogP contribution in [-0.4, -0.2) is 76.7 Å². The van der Waals surface area contributed by atoms with Crippen molar-refractivity contribution in [2.75, 3.05) is 50.7 Å². The third kappa shape index (κ3) is 4.18. The van der Waals surface area contributed by atoms with Crippen molar-refractivity contribution in [2.45, 2.75) is 38.1 Å². The second kappa shape index (κ2) is 9.67. The first-order valence-electron chi connectivity index (χ1n) is 12.6. The second-order valence-corrected chi connectivity index (χ2v) is 9.88. The summed E-state index contributed by atoms with van der Waals surface area (Å²) in [6, 6.07) is 4.19. The number of amides is 1. The van der Waals surface area contributed by atoms with Gasteiger partial charge in [-0.2, -0.15) is 9.97 Å². The Kier molecular flexibility index (Phi) is 6.22. The van der Waals surface area contributed by atoms with E-state index in [4.69, 9.17) is 21.1 Å². The number of hydrogen-bond acceptors (Lipinski definition) is 8. The van der Waals surface area contributed by atoms with Crippen molar-refractivity contribution >= 4 is 46.0 Å². The van der Waals surface area contributed by atoms with Crippen LogP contribution in [0.15, 0.2) is 18.3 Å². The summed E-state index contributed by atoms with van der Waals surface area (Å²) in [5, 5.41) is 7.53. The Hall–Kier alpha value is -3.24. The van der Waals surface area contributed by atoms with Gasteiger partial charge in [-0.25, -0.2) is 0 Å². The molecule has 11 heteroatoms. The van der Waals surface area contributed by atoms with Crippen LogP contribution in [0.1, 0.15) is 42.5 Å². The Morgan fingerprint density at radius 3 is 2.64 bits per heavy atom. The van der Waals surface area contributed by atoms with Crippen molar-refractivity contribution in [1.29, 1.82) is 0 Å². The summed E-state index contributed by atoms with van der Waals surface area (Å²) in [7, 11) is 1.78. The first-order chi connectivity index (χ1) is 17.6. The minimum atomic E-state index is -0.0171. The number of H-pyrrole nitrogens is 1. The number of nitrogens with zero attached hydrogens (tertiary/aromatic N) is 4. The predicted molar refractivity (Wildman–Crippen MR) is 139 cm³/mol. The molecule has 2 saturated heterocycles. The quantitative estimate of drug-likeness (QED) is 0.467. The maximum Gasteiger partial charge on any atom is 0.257 e. The maximum atomic E-state index is 13.5. The standard InChI is InChI=1S/C25H30ClN7O3/c1-27-22-19-17(26)13-28-23(19)31-25(30-22)29-18-6-5-16(20-21(18)36-14-35-20)24(34)33-11-7-15(8-12-33)32-9-3-2-4-10-32/h5-6,13,15H,2-4,7-12,14H2,1H3,(H3,27,28,29,30,31). The van der Waals surface area contributed by atoms with Crippen LogP contribution in [0.2, 0.25) is 5.02 Å². The van der Waals surface area contributed by atoms with Gasteiger partial charge >= 0.3 is 0 Å². The number of piperidine rings is 2. The van der Waals surface area contributed by atoms with Gasteiger partial charge in [0, 0.05) is 32.4 Å². The summed E-state index contributed by atoms with van der Waals surface area (Å²) in [5.74, 6) is 1.89. The number of likely N-dealkylation sites (tertiary alicyclic amines) is 2. The van der Waals surface area contributed by atoms with Crippen molar-refractivity contribution in [2.24, 2.45) is 0 Å². The van der Waals surface area contributed by atoms with E-state index in [1.54, 1.807) is 19.3 Å². The molecule has 5 heterocycles. The van der Waals surface area contributed by atoms with E-state index in [9.17, 15) is 4.79 Å². The van der Waals surface area contributed by atoms with Gasteiger partial charge in [-0.1, -0.05) is 18.0 Å². The molecule has 6 rings (SSSR count). The molecule has 0 bridgehead atoms. The van der Waals surface area contributed by atoms with Crippen LogP contribution in [-0.2, 0) is 0 Å². The van der Waals surface area contributed by atoms with Gasteiger partial charge in [0.1, 0.15) is 11.5 Å². The van der Waals surface area contributed by atoms with E-state index >= 15 is 0 Å². The zero-order valence-electron chi connectivity index (χ0n) is 20.3. The molecule has 0 radical (unpaired) electrons. The zero-order valence-corrected chi connectivity index (χ0v) is 21.0. The molecule has 0 atom stereocenters. The number of rotatable bonds is 5. The van der Waals surface area contributed by atoms with Crippen LogP contribution in [0.25, 0.3) is 11.0 Å². The van der Waals surface area contributed by atoms with E-state index < -0.39 is 0 Å². The molecule has 3 aliphatic heterocycles. The van der Waals surface area contributed by atoms with Crippen LogP contribution in [0, 0.1) is 0 Å². The number of nitrogens with one attached hydrogen (secondary N) is 3. The molecule has 0 aliphatic carbocycles. The molecule has 0 saturated carbocycles. The van der Waals surface area contributed by atoms with Gasteiger partial charge in [0.15, 0.2) is 11.5 Å². The molecule has 3 N–H and O–H groups in total. The molecule has 3 aromatic rings. The fraction of sp³-hybridized carbons (Fsp3) is 0.480. The van der Waals surface area contributed by atoms with Crippen molar-refractivity contribution < 1.29 is 14.3 Å². The molecule has 190 valence electrons. The highest BCUT2D eigenvalue weighted by Gasteiger charge is 2.32. The van der Waals surface area contributed by atoms with Crippen LogP contribution in [0.5, 0.6) is 11.5 Å².